The van der Waals surface area contributed by atoms with Crippen LogP contribution in [0.25, 0.3) is 0 Å². The molecule has 1 aliphatic rings. The van der Waals surface area contributed by atoms with Crippen molar-refractivity contribution in [2.45, 2.75) is 55.5 Å². The smallest absolute Gasteiger partial charge is 0.0511 e. The van der Waals surface area contributed by atoms with Crippen molar-refractivity contribution in [3.8, 4) is 0 Å². The van der Waals surface area contributed by atoms with Crippen molar-refractivity contribution in [2.24, 2.45) is 0 Å². The Balaban J connectivity index is 1.83. The predicted molar refractivity (Wildman–Crippen MR) is 105 cm³/mol. The lowest BCUT2D eigenvalue weighted by molar-refractivity contribution is 0.423. The summed E-state index contributed by atoms with van der Waals surface area (Å²) in [4.78, 5) is 5.20. The van der Waals surface area contributed by atoms with Crippen LogP contribution in [-0.4, -0.2) is 25.2 Å². The minimum atomic E-state index is 0.520. The van der Waals surface area contributed by atoms with Crippen LogP contribution in [0.4, 0.5) is 5.69 Å². The number of anilines is 1. The molecule has 0 aromatic heterocycles. The highest BCUT2D eigenvalue weighted by Gasteiger charge is 2.24. The van der Waals surface area contributed by atoms with E-state index in [4.69, 9.17) is 0 Å². The number of nitrogens with zero attached hydrogens (tertiary/aromatic N) is 1. The summed E-state index contributed by atoms with van der Waals surface area (Å²) in [5.41, 5.74) is 2.76. The molecule has 24 heavy (non-hydrogen) atoms. The lowest BCUT2D eigenvalue weighted by atomic mass is 10.0. The van der Waals surface area contributed by atoms with Crippen molar-refractivity contribution in [2.75, 3.05) is 18.0 Å². The van der Waals surface area contributed by atoms with Gasteiger partial charge in [0.15, 0.2) is 0 Å². The van der Waals surface area contributed by atoms with Crippen molar-refractivity contribution >= 4 is 17.4 Å². The van der Waals surface area contributed by atoms with Gasteiger partial charge in [0.05, 0.1) is 5.69 Å². The second-order valence-corrected chi connectivity index (χ2v) is 8.22. The van der Waals surface area contributed by atoms with E-state index in [1.807, 2.05) is 11.8 Å². The minimum absolute atomic E-state index is 0.520. The molecular weight excluding hydrogens is 312 g/mol. The molecule has 128 valence electrons. The molecule has 0 aliphatic carbocycles. The monoisotopic (exact) mass is 340 g/mol. The molecular formula is C21H28N2S. The van der Waals surface area contributed by atoms with Crippen LogP contribution in [0.5, 0.6) is 0 Å². The number of piperazine rings is 1. The summed E-state index contributed by atoms with van der Waals surface area (Å²) in [6.07, 6.45) is 0. The first-order chi connectivity index (χ1) is 11.5. The van der Waals surface area contributed by atoms with Crippen molar-refractivity contribution in [3.05, 3.63) is 54.1 Å². The summed E-state index contributed by atoms with van der Waals surface area (Å²) in [5, 5.41) is 3.57. The van der Waals surface area contributed by atoms with Crippen LogP contribution in [0.15, 0.2) is 58.3 Å². The number of rotatable bonds is 4. The van der Waals surface area contributed by atoms with E-state index in [2.05, 4.69) is 86.4 Å². The van der Waals surface area contributed by atoms with Crippen molar-refractivity contribution < 1.29 is 0 Å². The molecule has 1 saturated heterocycles. The third kappa shape index (κ3) is 3.96. The first kappa shape index (κ1) is 17.4. The Hall–Kier alpha value is -1.45. The third-order valence-corrected chi connectivity index (χ3v) is 5.79. The van der Waals surface area contributed by atoms with Gasteiger partial charge in [-0.05, 0) is 49.6 Å². The maximum absolute atomic E-state index is 3.57. The van der Waals surface area contributed by atoms with Gasteiger partial charge in [-0.3, -0.25) is 0 Å². The molecule has 0 spiro atoms. The van der Waals surface area contributed by atoms with Gasteiger partial charge in [-0.2, -0.15) is 0 Å². The van der Waals surface area contributed by atoms with E-state index in [1.54, 1.807) is 0 Å². The summed E-state index contributed by atoms with van der Waals surface area (Å²) in [6, 6.07) is 18.9. The van der Waals surface area contributed by atoms with E-state index in [-0.39, 0.29) is 0 Å². The summed E-state index contributed by atoms with van der Waals surface area (Å²) >= 11 is 1.87. The average Bonchev–Trinajstić information content (AvgIpc) is 2.58. The molecule has 2 aromatic rings. The van der Waals surface area contributed by atoms with Gasteiger partial charge in [0.1, 0.15) is 0 Å². The third-order valence-electron chi connectivity index (χ3n) is 4.71. The Kier molecular flexibility index (Phi) is 5.52. The van der Waals surface area contributed by atoms with E-state index < -0.39 is 0 Å². The molecule has 3 heteroatoms. The van der Waals surface area contributed by atoms with Crippen molar-refractivity contribution in [3.63, 3.8) is 0 Å². The van der Waals surface area contributed by atoms with Crippen LogP contribution in [0.2, 0.25) is 0 Å². The first-order valence-corrected chi connectivity index (χ1v) is 9.73. The fourth-order valence-electron chi connectivity index (χ4n) is 3.19. The zero-order valence-corrected chi connectivity index (χ0v) is 15.9. The highest BCUT2D eigenvalue weighted by Crippen LogP contribution is 2.37. The normalized spacial score (nSPS) is 21.3. The number of benzene rings is 2. The molecule has 1 N–H and O–H groups in total. The molecule has 2 atom stereocenters. The van der Waals surface area contributed by atoms with Gasteiger partial charge in [0.25, 0.3) is 0 Å². The maximum Gasteiger partial charge on any atom is 0.0511 e. The molecule has 0 bridgehead atoms. The first-order valence-electron chi connectivity index (χ1n) is 8.91. The number of hydrogen-bond acceptors (Lipinski definition) is 3. The summed E-state index contributed by atoms with van der Waals surface area (Å²) in [6.45, 7) is 11.2. The van der Waals surface area contributed by atoms with Gasteiger partial charge >= 0.3 is 0 Å². The van der Waals surface area contributed by atoms with E-state index in [0.29, 0.717) is 18.0 Å². The fourth-order valence-corrected chi connectivity index (χ4v) is 4.15. The topological polar surface area (TPSA) is 15.3 Å². The zero-order valence-electron chi connectivity index (χ0n) is 15.1. The number of hydrogen-bond donors (Lipinski definition) is 1. The lowest BCUT2D eigenvalue weighted by Gasteiger charge is -2.40. The molecule has 3 rings (SSSR count). The van der Waals surface area contributed by atoms with Crippen LogP contribution in [-0.2, 0) is 0 Å². The molecule has 2 aromatic carbocycles. The average molecular weight is 341 g/mol. The standard InChI is InChI=1S/C21H28N2S/c1-15(2)18-9-11-19(12-10-18)24-21-8-6-5-7-20(21)23-14-16(3)22-13-17(23)4/h5-12,15-17,22H,13-14H2,1-4H3/t16-,17+/m1/s1. The van der Waals surface area contributed by atoms with Gasteiger partial charge in [0, 0.05) is 35.0 Å². The molecule has 0 saturated carbocycles. The fraction of sp³-hybridized carbons (Fsp3) is 0.429. The molecule has 1 fully saturated rings. The number of para-hydroxylation sites is 1. The van der Waals surface area contributed by atoms with Crippen LogP contribution >= 0.6 is 11.8 Å². The number of nitrogens with one attached hydrogen (secondary N) is 1. The van der Waals surface area contributed by atoms with E-state index in [1.165, 1.54) is 21.0 Å². The Labute approximate surface area is 150 Å². The van der Waals surface area contributed by atoms with Crippen LogP contribution in [0.3, 0.4) is 0 Å². The predicted octanol–water partition coefficient (Wildman–Crippen LogP) is 5.15. The van der Waals surface area contributed by atoms with Gasteiger partial charge in [-0.1, -0.05) is 49.9 Å². The van der Waals surface area contributed by atoms with Crippen molar-refractivity contribution in [1.82, 2.24) is 5.32 Å². The Bertz CT molecular complexity index is 666. The molecule has 0 radical (unpaired) electrons. The van der Waals surface area contributed by atoms with Gasteiger partial charge in [-0.15, -0.1) is 0 Å². The molecule has 2 nitrogen and oxygen atoms in total. The van der Waals surface area contributed by atoms with E-state index in [0.717, 1.165) is 13.1 Å². The summed E-state index contributed by atoms with van der Waals surface area (Å²) in [7, 11) is 0. The Morgan fingerprint density at radius 3 is 2.46 bits per heavy atom. The summed E-state index contributed by atoms with van der Waals surface area (Å²) < 4.78 is 0. The van der Waals surface area contributed by atoms with Crippen LogP contribution < -0.4 is 10.2 Å². The minimum Gasteiger partial charge on any atom is -0.365 e. The zero-order chi connectivity index (χ0) is 17.1. The van der Waals surface area contributed by atoms with Gasteiger partial charge in [-0.25, -0.2) is 0 Å². The van der Waals surface area contributed by atoms with Crippen LogP contribution in [0, 0.1) is 0 Å². The van der Waals surface area contributed by atoms with E-state index >= 15 is 0 Å². The highest BCUT2D eigenvalue weighted by atomic mass is 32.2. The van der Waals surface area contributed by atoms with E-state index in [9.17, 15) is 0 Å². The highest BCUT2D eigenvalue weighted by molar-refractivity contribution is 7.99. The van der Waals surface area contributed by atoms with Gasteiger partial charge < -0.3 is 10.2 Å². The second-order valence-electron chi connectivity index (χ2n) is 7.10. The lowest BCUT2D eigenvalue weighted by Crippen LogP contribution is -2.54. The largest absolute Gasteiger partial charge is 0.365 e. The molecule has 0 unspecified atom stereocenters. The molecule has 1 aliphatic heterocycles. The van der Waals surface area contributed by atoms with Gasteiger partial charge in [0.2, 0.25) is 0 Å². The van der Waals surface area contributed by atoms with Crippen molar-refractivity contribution in [1.29, 1.82) is 0 Å². The Morgan fingerprint density at radius 1 is 1.04 bits per heavy atom. The quantitative estimate of drug-likeness (QED) is 0.829. The Morgan fingerprint density at radius 2 is 1.75 bits per heavy atom. The summed E-state index contributed by atoms with van der Waals surface area (Å²) in [5.74, 6) is 0.583. The maximum atomic E-state index is 3.57. The van der Waals surface area contributed by atoms with Crippen LogP contribution in [0.1, 0.15) is 39.2 Å². The molecule has 1 heterocycles. The second kappa shape index (κ2) is 7.62. The molecule has 0 amide bonds. The SMILES string of the molecule is CC(C)c1ccc(Sc2ccccc2N2C[C@@H](C)NC[C@@H]2C)cc1.